The van der Waals surface area contributed by atoms with Crippen LogP contribution in [0.3, 0.4) is 0 Å². The van der Waals surface area contributed by atoms with Gasteiger partial charge in [-0.3, -0.25) is 4.79 Å². The van der Waals surface area contributed by atoms with E-state index in [9.17, 15) is 23.5 Å². The van der Waals surface area contributed by atoms with Crippen LogP contribution in [0.4, 0.5) is 20.2 Å². The average Bonchev–Trinajstić information content (AvgIpc) is 2.78. The van der Waals surface area contributed by atoms with Gasteiger partial charge >= 0.3 is 5.97 Å². The number of anilines is 2. The Hall–Kier alpha value is -2.27. The Morgan fingerprint density at radius 2 is 1.79 bits per heavy atom. The van der Waals surface area contributed by atoms with Crippen LogP contribution >= 0.6 is 22.6 Å². The first-order valence-electron chi connectivity index (χ1n) is 11.1. The molecule has 0 unspecified atom stereocenters. The molecule has 1 aliphatic carbocycles. The van der Waals surface area contributed by atoms with Gasteiger partial charge in [-0.2, -0.15) is 0 Å². The van der Waals surface area contributed by atoms with Gasteiger partial charge < -0.3 is 21.1 Å². The molecule has 1 aliphatic rings. The van der Waals surface area contributed by atoms with Gasteiger partial charge in [-0.15, -0.1) is 0 Å². The summed E-state index contributed by atoms with van der Waals surface area (Å²) >= 11 is 2.12. The van der Waals surface area contributed by atoms with Crippen LogP contribution in [0.1, 0.15) is 64.8 Å². The largest absolute Gasteiger partial charge is 0.478 e. The fraction of sp³-hybridized carbons (Fsp3) is 0.417. The predicted octanol–water partition coefficient (Wildman–Crippen LogP) is 5.36. The van der Waals surface area contributed by atoms with Gasteiger partial charge in [0.1, 0.15) is 0 Å². The van der Waals surface area contributed by atoms with E-state index in [-0.39, 0.29) is 6.54 Å². The van der Waals surface area contributed by atoms with E-state index in [2.05, 4.69) is 38.5 Å². The molecule has 2 aromatic carbocycles. The summed E-state index contributed by atoms with van der Waals surface area (Å²) in [5, 5.41) is 18.3. The molecular formula is C24H28F2IN3O3. The molecule has 178 valence electrons. The molecular weight excluding hydrogens is 543 g/mol. The van der Waals surface area contributed by atoms with Gasteiger partial charge in [0.05, 0.1) is 16.8 Å². The summed E-state index contributed by atoms with van der Waals surface area (Å²) in [5.41, 5.74) is -0.482. The number of hydrogen-bond acceptors (Lipinski definition) is 4. The van der Waals surface area contributed by atoms with Gasteiger partial charge in [0.2, 0.25) is 0 Å². The summed E-state index contributed by atoms with van der Waals surface area (Å²) < 4.78 is 30.6. The molecule has 1 amide bonds. The van der Waals surface area contributed by atoms with Crippen LogP contribution in [0.2, 0.25) is 0 Å². The number of carbonyl (C=O) groups is 2. The smallest absolute Gasteiger partial charge is 0.337 e. The second-order valence-electron chi connectivity index (χ2n) is 8.26. The summed E-state index contributed by atoms with van der Waals surface area (Å²) in [4.78, 5) is 24.2. The molecule has 0 aliphatic heterocycles. The number of carbonyl (C=O) groups excluding carboxylic acids is 1. The van der Waals surface area contributed by atoms with E-state index < -0.39 is 40.3 Å². The van der Waals surface area contributed by atoms with Gasteiger partial charge in [0, 0.05) is 21.8 Å². The van der Waals surface area contributed by atoms with E-state index in [1.807, 2.05) is 6.07 Å². The zero-order valence-corrected chi connectivity index (χ0v) is 20.6. The number of hydrogen-bond donors (Lipinski definition) is 4. The third-order valence-corrected chi connectivity index (χ3v) is 6.48. The molecule has 2 aromatic rings. The number of aryl methyl sites for hydroxylation is 1. The zero-order valence-electron chi connectivity index (χ0n) is 18.4. The molecule has 9 heteroatoms. The fourth-order valence-corrected chi connectivity index (χ4v) is 4.63. The average molecular weight is 571 g/mol. The van der Waals surface area contributed by atoms with E-state index in [0.29, 0.717) is 24.7 Å². The SMILES string of the molecule is Cc1cc(I)ccc1Nc1c(C(=O)O)cc(C(=O)NCCCNC2CCCCC2)c(F)c1F. The van der Waals surface area contributed by atoms with Gasteiger partial charge in [-0.25, -0.2) is 13.6 Å². The van der Waals surface area contributed by atoms with Crippen LogP contribution in [-0.2, 0) is 0 Å². The van der Waals surface area contributed by atoms with E-state index in [1.54, 1.807) is 19.1 Å². The van der Waals surface area contributed by atoms with Crippen LogP contribution in [0, 0.1) is 22.1 Å². The van der Waals surface area contributed by atoms with E-state index in [0.717, 1.165) is 28.0 Å². The molecule has 33 heavy (non-hydrogen) atoms. The summed E-state index contributed by atoms with van der Waals surface area (Å²) in [6, 6.07) is 6.61. The second kappa shape index (κ2) is 11.7. The first kappa shape index (κ1) is 25.4. The Morgan fingerprint density at radius 1 is 1.06 bits per heavy atom. The number of nitrogens with one attached hydrogen (secondary N) is 3. The van der Waals surface area contributed by atoms with Crippen molar-refractivity contribution in [3.05, 3.63) is 56.2 Å². The number of halogens is 3. The van der Waals surface area contributed by atoms with Crippen LogP contribution in [0.5, 0.6) is 0 Å². The monoisotopic (exact) mass is 571 g/mol. The molecule has 1 fully saturated rings. The minimum absolute atomic E-state index is 0.268. The molecule has 0 aromatic heterocycles. The number of carboxylic acid groups (broad SMARTS) is 1. The van der Waals surface area contributed by atoms with Crippen molar-refractivity contribution >= 4 is 45.8 Å². The predicted molar refractivity (Wildman–Crippen MR) is 132 cm³/mol. The van der Waals surface area contributed by atoms with Gasteiger partial charge in [0.25, 0.3) is 5.91 Å². The maximum Gasteiger partial charge on any atom is 0.337 e. The molecule has 4 N–H and O–H groups in total. The van der Waals surface area contributed by atoms with Crippen molar-refractivity contribution in [1.29, 1.82) is 0 Å². The number of aromatic carboxylic acids is 1. The van der Waals surface area contributed by atoms with Gasteiger partial charge in [-0.05, 0) is 85.2 Å². The Bertz CT molecular complexity index is 1030. The molecule has 0 radical (unpaired) electrons. The molecule has 6 nitrogen and oxygen atoms in total. The van der Waals surface area contributed by atoms with Crippen molar-refractivity contribution in [3.8, 4) is 0 Å². The van der Waals surface area contributed by atoms with Crippen molar-refractivity contribution in [2.75, 3.05) is 18.4 Å². The Morgan fingerprint density at radius 3 is 2.45 bits per heavy atom. The fourth-order valence-electron chi connectivity index (χ4n) is 3.98. The first-order chi connectivity index (χ1) is 15.8. The third-order valence-electron chi connectivity index (χ3n) is 5.81. The van der Waals surface area contributed by atoms with Crippen molar-refractivity contribution in [2.45, 2.75) is 51.5 Å². The minimum atomic E-state index is -1.47. The van der Waals surface area contributed by atoms with Crippen molar-refractivity contribution < 1.29 is 23.5 Å². The van der Waals surface area contributed by atoms with Crippen LogP contribution in [-0.4, -0.2) is 36.1 Å². The number of carboxylic acids is 1. The highest BCUT2D eigenvalue weighted by Crippen LogP contribution is 2.30. The van der Waals surface area contributed by atoms with E-state index >= 15 is 0 Å². The molecule has 0 atom stereocenters. The van der Waals surface area contributed by atoms with Crippen molar-refractivity contribution in [2.24, 2.45) is 0 Å². The van der Waals surface area contributed by atoms with E-state index in [4.69, 9.17) is 0 Å². The lowest BCUT2D eigenvalue weighted by atomic mass is 9.95. The standard InChI is InChI=1S/C24H28F2IN3O3/c1-14-12-15(27)8-9-19(14)30-22-18(24(32)33)13-17(20(25)21(22)26)23(31)29-11-5-10-28-16-6-3-2-4-7-16/h8-9,12-13,16,28,30H,2-7,10-11H2,1H3,(H,29,31)(H,32,33). The highest BCUT2D eigenvalue weighted by atomic mass is 127. The van der Waals surface area contributed by atoms with Gasteiger partial charge in [0.15, 0.2) is 11.6 Å². The maximum absolute atomic E-state index is 14.9. The zero-order chi connectivity index (χ0) is 24.0. The highest BCUT2D eigenvalue weighted by molar-refractivity contribution is 14.1. The first-order valence-corrected chi connectivity index (χ1v) is 12.2. The Balaban J connectivity index is 1.69. The number of amides is 1. The number of rotatable bonds is 9. The highest BCUT2D eigenvalue weighted by Gasteiger charge is 2.26. The summed E-state index contributed by atoms with van der Waals surface area (Å²) in [7, 11) is 0. The second-order valence-corrected chi connectivity index (χ2v) is 9.51. The van der Waals surface area contributed by atoms with Crippen molar-refractivity contribution in [1.82, 2.24) is 10.6 Å². The lowest BCUT2D eigenvalue weighted by Gasteiger charge is -2.22. The maximum atomic E-state index is 14.9. The topological polar surface area (TPSA) is 90.5 Å². The summed E-state index contributed by atoms with van der Waals surface area (Å²) in [6.07, 6.45) is 6.64. The third kappa shape index (κ3) is 6.63. The van der Waals surface area contributed by atoms with Crippen LogP contribution in [0.15, 0.2) is 24.3 Å². The van der Waals surface area contributed by atoms with Crippen LogP contribution < -0.4 is 16.0 Å². The molecule has 0 saturated heterocycles. The normalized spacial score (nSPS) is 14.2. The Labute approximate surface area is 205 Å². The molecule has 0 bridgehead atoms. The van der Waals surface area contributed by atoms with Crippen LogP contribution in [0.25, 0.3) is 0 Å². The van der Waals surface area contributed by atoms with Gasteiger partial charge in [-0.1, -0.05) is 19.3 Å². The summed E-state index contributed by atoms with van der Waals surface area (Å²) in [6.45, 7) is 2.74. The van der Waals surface area contributed by atoms with Crippen molar-refractivity contribution in [3.63, 3.8) is 0 Å². The lowest BCUT2D eigenvalue weighted by molar-refractivity contribution is 0.0697. The minimum Gasteiger partial charge on any atom is -0.478 e. The molecule has 0 heterocycles. The quantitative estimate of drug-likeness (QED) is 0.241. The molecule has 1 saturated carbocycles. The molecule has 0 spiro atoms. The van der Waals surface area contributed by atoms with E-state index in [1.165, 1.54) is 19.3 Å². The summed E-state index contributed by atoms with van der Waals surface area (Å²) in [5.74, 6) is -5.10. The number of benzene rings is 2. The lowest BCUT2D eigenvalue weighted by Crippen LogP contribution is -2.34. The molecule has 3 rings (SSSR count). The Kier molecular flexibility index (Phi) is 9.02.